The maximum Gasteiger partial charge on any atom is 0.240 e. The fourth-order valence-corrected chi connectivity index (χ4v) is 3.41. The van der Waals surface area contributed by atoms with E-state index in [1.165, 1.54) is 0 Å². The number of sulfonamides is 1. The Labute approximate surface area is 109 Å². The number of hydrogen-bond acceptors (Lipinski definition) is 3. The zero-order chi connectivity index (χ0) is 13.2. The van der Waals surface area contributed by atoms with Gasteiger partial charge in [0.25, 0.3) is 0 Å². The quantitative estimate of drug-likeness (QED) is 0.879. The first-order chi connectivity index (χ1) is 8.53. The first-order valence-corrected chi connectivity index (χ1v) is 7.90. The molecule has 0 spiro atoms. The van der Waals surface area contributed by atoms with Crippen molar-refractivity contribution < 1.29 is 8.42 Å². The van der Waals surface area contributed by atoms with Gasteiger partial charge in [0.1, 0.15) is 0 Å². The van der Waals surface area contributed by atoms with E-state index in [2.05, 4.69) is 10.0 Å². The minimum Gasteiger partial charge on any atom is -0.385 e. The first kappa shape index (κ1) is 13.4. The van der Waals surface area contributed by atoms with Gasteiger partial charge in [0.15, 0.2) is 0 Å². The molecule has 4 nitrogen and oxygen atoms in total. The number of aryl methyl sites for hydroxylation is 1. The highest BCUT2D eigenvalue weighted by molar-refractivity contribution is 7.89. The van der Waals surface area contributed by atoms with Gasteiger partial charge in [0.2, 0.25) is 10.0 Å². The van der Waals surface area contributed by atoms with Gasteiger partial charge in [-0.05, 0) is 49.9 Å². The van der Waals surface area contributed by atoms with Gasteiger partial charge in [0.05, 0.1) is 4.90 Å². The Morgan fingerprint density at radius 3 is 2.94 bits per heavy atom. The Hall–Kier alpha value is -1.07. The Bertz CT molecular complexity index is 526. The van der Waals surface area contributed by atoms with Gasteiger partial charge in [-0.15, -0.1) is 0 Å². The Morgan fingerprint density at radius 1 is 1.44 bits per heavy atom. The van der Waals surface area contributed by atoms with Crippen molar-refractivity contribution >= 4 is 15.7 Å². The third-order valence-corrected chi connectivity index (χ3v) is 4.88. The molecule has 2 rings (SSSR count). The average Bonchev–Trinajstić information content (AvgIpc) is 2.37. The van der Waals surface area contributed by atoms with Crippen LogP contribution in [0, 0.1) is 0 Å². The summed E-state index contributed by atoms with van der Waals surface area (Å²) >= 11 is 0. The van der Waals surface area contributed by atoms with Crippen LogP contribution in [0.25, 0.3) is 0 Å². The van der Waals surface area contributed by atoms with Crippen LogP contribution < -0.4 is 10.0 Å². The van der Waals surface area contributed by atoms with Gasteiger partial charge in [-0.25, -0.2) is 13.1 Å². The number of anilines is 1. The van der Waals surface area contributed by atoms with Gasteiger partial charge < -0.3 is 5.32 Å². The predicted octanol–water partition coefficient (Wildman–Crippen LogP) is 2.12. The molecular weight excluding hydrogens is 248 g/mol. The van der Waals surface area contributed by atoms with Crippen molar-refractivity contribution in [2.24, 2.45) is 0 Å². The molecule has 5 heteroatoms. The van der Waals surface area contributed by atoms with E-state index in [0.29, 0.717) is 4.90 Å². The topological polar surface area (TPSA) is 58.2 Å². The van der Waals surface area contributed by atoms with Crippen LogP contribution in [-0.4, -0.2) is 21.0 Å². The molecule has 2 N–H and O–H groups in total. The van der Waals surface area contributed by atoms with Crippen molar-refractivity contribution in [3.05, 3.63) is 23.8 Å². The van der Waals surface area contributed by atoms with Crippen LogP contribution in [-0.2, 0) is 16.4 Å². The number of fused-ring (bicyclic) bond motifs is 1. The molecule has 0 bridgehead atoms. The normalized spacial score (nSPS) is 16.8. The third kappa shape index (κ3) is 2.84. The molecule has 0 aromatic heterocycles. The Kier molecular flexibility index (Phi) is 3.92. The third-order valence-electron chi connectivity index (χ3n) is 3.29. The molecule has 18 heavy (non-hydrogen) atoms. The molecule has 1 unspecified atom stereocenters. The standard InChI is InChI=1S/C13H20N2O2S/c1-3-10(2)15-18(16,17)12-6-7-13-11(9-12)5-4-8-14-13/h6-7,9-10,14-15H,3-5,8H2,1-2H3. The van der Waals surface area contributed by atoms with Crippen LogP contribution in [0.3, 0.4) is 0 Å². The number of nitrogens with one attached hydrogen (secondary N) is 2. The number of rotatable bonds is 4. The summed E-state index contributed by atoms with van der Waals surface area (Å²) in [7, 11) is -3.38. The van der Waals surface area contributed by atoms with Crippen molar-refractivity contribution in [2.45, 2.75) is 44.0 Å². The van der Waals surface area contributed by atoms with E-state index in [1.54, 1.807) is 12.1 Å². The largest absolute Gasteiger partial charge is 0.385 e. The van der Waals surface area contributed by atoms with Crippen molar-refractivity contribution in [3.63, 3.8) is 0 Å². The Morgan fingerprint density at radius 2 is 2.22 bits per heavy atom. The summed E-state index contributed by atoms with van der Waals surface area (Å²) in [5, 5.41) is 3.28. The minimum atomic E-state index is -3.38. The van der Waals surface area contributed by atoms with Crippen molar-refractivity contribution in [1.29, 1.82) is 0 Å². The molecule has 100 valence electrons. The van der Waals surface area contributed by atoms with E-state index in [9.17, 15) is 8.42 Å². The summed E-state index contributed by atoms with van der Waals surface area (Å²) in [6, 6.07) is 5.28. The fraction of sp³-hybridized carbons (Fsp3) is 0.538. The van der Waals surface area contributed by atoms with E-state index < -0.39 is 10.0 Å². The molecule has 0 amide bonds. The Balaban J connectivity index is 2.28. The van der Waals surface area contributed by atoms with E-state index in [0.717, 1.165) is 37.1 Å². The van der Waals surface area contributed by atoms with Crippen LogP contribution in [0.2, 0.25) is 0 Å². The maximum absolute atomic E-state index is 12.2. The summed E-state index contributed by atoms with van der Waals surface area (Å²) in [4.78, 5) is 0.366. The van der Waals surface area contributed by atoms with Gasteiger partial charge >= 0.3 is 0 Å². The molecule has 1 aliphatic heterocycles. The van der Waals surface area contributed by atoms with Crippen molar-refractivity contribution in [2.75, 3.05) is 11.9 Å². The fourth-order valence-electron chi connectivity index (χ4n) is 2.03. The van der Waals surface area contributed by atoms with Crippen molar-refractivity contribution in [3.8, 4) is 0 Å². The smallest absolute Gasteiger partial charge is 0.240 e. The predicted molar refractivity (Wildman–Crippen MR) is 73.3 cm³/mol. The van der Waals surface area contributed by atoms with E-state index in [1.807, 2.05) is 19.9 Å². The highest BCUT2D eigenvalue weighted by atomic mass is 32.2. The lowest BCUT2D eigenvalue weighted by Gasteiger charge is -2.19. The minimum absolute atomic E-state index is 0.0378. The molecule has 1 aromatic carbocycles. The molecule has 0 radical (unpaired) electrons. The molecule has 0 saturated heterocycles. The zero-order valence-electron chi connectivity index (χ0n) is 10.9. The second-order valence-electron chi connectivity index (χ2n) is 4.78. The van der Waals surface area contributed by atoms with Crippen LogP contribution in [0.4, 0.5) is 5.69 Å². The van der Waals surface area contributed by atoms with Gasteiger partial charge in [-0.2, -0.15) is 0 Å². The summed E-state index contributed by atoms with van der Waals surface area (Å²) < 4.78 is 27.0. The van der Waals surface area contributed by atoms with E-state index in [-0.39, 0.29) is 6.04 Å². The molecule has 1 aromatic rings. The molecule has 0 fully saturated rings. The molecule has 1 aliphatic rings. The van der Waals surface area contributed by atoms with Crippen LogP contribution >= 0.6 is 0 Å². The lowest BCUT2D eigenvalue weighted by atomic mass is 10.0. The zero-order valence-corrected chi connectivity index (χ0v) is 11.7. The summed E-state index contributed by atoms with van der Waals surface area (Å²) in [6.45, 7) is 4.80. The SMILES string of the molecule is CCC(C)NS(=O)(=O)c1ccc2c(c1)CCCN2. The highest BCUT2D eigenvalue weighted by Gasteiger charge is 2.18. The maximum atomic E-state index is 12.2. The lowest BCUT2D eigenvalue weighted by Crippen LogP contribution is -2.32. The van der Waals surface area contributed by atoms with Crippen LogP contribution in [0.1, 0.15) is 32.3 Å². The van der Waals surface area contributed by atoms with E-state index >= 15 is 0 Å². The van der Waals surface area contributed by atoms with Crippen molar-refractivity contribution in [1.82, 2.24) is 4.72 Å². The summed E-state index contributed by atoms with van der Waals surface area (Å²) in [6.07, 6.45) is 2.77. The van der Waals surface area contributed by atoms with Gasteiger partial charge in [0, 0.05) is 18.3 Å². The van der Waals surface area contributed by atoms with Gasteiger partial charge in [-0.1, -0.05) is 6.92 Å². The molecule has 1 atom stereocenters. The highest BCUT2D eigenvalue weighted by Crippen LogP contribution is 2.24. The first-order valence-electron chi connectivity index (χ1n) is 6.42. The van der Waals surface area contributed by atoms with E-state index in [4.69, 9.17) is 0 Å². The number of hydrogen-bond donors (Lipinski definition) is 2. The second kappa shape index (κ2) is 5.28. The molecular formula is C13H20N2O2S. The second-order valence-corrected chi connectivity index (χ2v) is 6.49. The monoisotopic (exact) mass is 268 g/mol. The lowest BCUT2D eigenvalue weighted by molar-refractivity contribution is 0.555. The number of benzene rings is 1. The molecule has 0 aliphatic carbocycles. The summed E-state index contributed by atoms with van der Waals surface area (Å²) in [5.74, 6) is 0. The van der Waals surface area contributed by atoms with Crippen LogP contribution in [0.15, 0.2) is 23.1 Å². The molecule has 1 heterocycles. The van der Waals surface area contributed by atoms with Gasteiger partial charge in [-0.3, -0.25) is 0 Å². The summed E-state index contributed by atoms with van der Waals surface area (Å²) in [5.41, 5.74) is 2.15. The average molecular weight is 268 g/mol. The van der Waals surface area contributed by atoms with Crippen LogP contribution in [0.5, 0.6) is 0 Å². The molecule has 0 saturated carbocycles.